The second kappa shape index (κ2) is 7.24. The third kappa shape index (κ3) is 3.55. The molecule has 0 radical (unpaired) electrons. The standard InChI is InChI=1S/C16H18N4O.ClH/c17-16(21)13-3-1-12(2-4-13)14-5-6-15(19-11-14)20-9-7-18-8-10-20;/h1-6,11,18H,7-10H2,(H2,17,21);1H. The van der Waals surface area contributed by atoms with Crippen molar-refractivity contribution in [3.8, 4) is 11.1 Å². The normalized spacial score (nSPS) is 14.3. The fraction of sp³-hybridized carbons (Fsp3) is 0.250. The van der Waals surface area contributed by atoms with Crippen LogP contribution in [0.3, 0.4) is 0 Å². The lowest BCUT2D eigenvalue weighted by atomic mass is 10.1. The molecule has 1 aromatic carbocycles. The van der Waals surface area contributed by atoms with Gasteiger partial charge in [-0.05, 0) is 29.8 Å². The lowest BCUT2D eigenvalue weighted by Crippen LogP contribution is -2.43. The highest BCUT2D eigenvalue weighted by molar-refractivity contribution is 5.93. The number of pyridine rings is 1. The minimum atomic E-state index is -0.409. The van der Waals surface area contributed by atoms with Gasteiger partial charge in [0.25, 0.3) is 0 Å². The van der Waals surface area contributed by atoms with E-state index in [1.165, 1.54) is 0 Å². The number of aromatic nitrogens is 1. The molecule has 5 nitrogen and oxygen atoms in total. The summed E-state index contributed by atoms with van der Waals surface area (Å²) in [6, 6.07) is 11.4. The lowest BCUT2D eigenvalue weighted by molar-refractivity contribution is 0.100. The lowest BCUT2D eigenvalue weighted by Gasteiger charge is -2.28. The Morgan fingerprint density at radius 3 is 2.23 bits per heavy atom. The van der Waals surface area contributed by atoms with Crippen LogP contribution >= 0.6 is 12.4 Å². The average molecular weight is 319 g/mol. The van der Waals surface area contributed by atoms with E-state index in [1.807, 2.05) is 24.4 Å². The molecule has 1 amide bonds. The molecule has 22 heavy (non-hydrogen) atoms. The van der Waals surface area contributed by atoms with Gasteiger partial charge < -0.3 is 16.0 Å². The minimum absolute atomic E-state index is 0. The number of nitrogens with zero attached hydrogens (tertiary/aromatic N) is 2. The Hall–Kier alpha value is -2.11. The molecule has 1 aliphatic heterocycles. The Morgan fingerprint density at radius 1 is 1.05 bits per heavy atom. The number of piperazine rings is 1. The van der Waals surface area contributed by atoms with Gasteiger partial charge in [-0.2, -0.15) is 0 Å². The Labute approximate surface area is 135 Å². The highest BCUT2D eigenvalue weighted by atomic mass is 35.5. The maximum atomic E-state index is 11.1. The van der Waals surface area contributed by atoms with Crippen molar-refractivity contribution >= 4 is 24.1 Å². The van der Waals surface area contributed by atoms with Crippen molar-refractivity contribution in [2.45, 2.75) is 0 Å². The zero-order chi connectivity index (χ0) is 14.7. The molecule has 0 unspecified atom stereocenters. The Morgan fingerprint density at radius 2 is 1.68 bits per heavy atom. The first-order valence-corrected chi connectivity index (χ1v) is 7.06. The molecule has 2 heterocycles. The van der Waals surface area contributed by atoms with Crippen molar-refractivity contribution in [2.75, 3.05) is 31.1 Å². The van der Waals surface area contributed by atoms with Crippen molar-refractivity contribution in [1.82, 2.24) is 10.3 Å². The molecule has 116 valence electrons. The third-order valence-corrected chi connectivity index (χ3v) is 3.69. The predicted octanol–water partition coefficient (Wildman–Crippen LogP) is 1.68. The van der Waals surface area contributed by atoms with Gasteiger partial charge in [-0.3, -0.25) is 4.79 Å². The number of rotatable bonds is 3. The predicted molar refractivity (Wildman–Crippen MR) is 90.5 cm³/mol. The summed E-state index contributed by atoms with van der Waals surface area (Å²) in [5.41, 5.74) is 7.82. The van der Waals surface area contributed by atoms with Crippen molar-refractivity contribution in [3.05, 3.63) is 48.2 Å². The molecular formula is C16H19ClN4O. The van der Waals surface area contributed by atoms with Gasteiger partial charge in [0.05, 0.1) is 0 Å². The van der Waals surface area contributed by atoms with Gasteiger partial charge in [-0.15, -0.1) is 12.4 Å². The average Bonchev–Trinajstić information content (AvgIpc) is 2.56. The molecule has 1 aromatic heterocycles. The molecule has 3 rings (SSSR count). The van der Waals surface area contributed by atoms with Crippen LogP contribution in [0.1, 0.15) is 10.4 Å². The first-order chi connectivity index (χ1) is 10.2. The van der Waals surface area contributed by atoms with Gasteiger partial charge in [0.15, 0.2) is 0 Å². The minimum Gasteiger partial charge on any atom is -0.366 e. The SMILES string of the molecule is Cl.NC(=O)c1ccc(-c2ccc(N3CCNCC3)nc2)cc1. The summed E-state index contributed by atoms with van der Waals surface area (Å²) >= 11 is 0. The number of nitrogens with one attached hydrogen (secondary N) is 1. The number of carbonyl (C=O) groups is 1. The second-order valence-electron chi connectivity index (χ2n) is 5.08. The van der Waals surface area contributed by atoms with Crippen LogP contribution < -0.4 is 16.0 Å². The van der Waals surface area contributed by atoms with Crippen LogP contribution in [0, 0.1) is 0 Å². The zero-order valence-corrected chi connectivity index (χ0v) is 13.0. The van der Waals surface area contributed by atoms with Crippen LogP contribution in [0.25, 0.3) is 11.1 Å². The summed E-state index contributed by atoms with van der Waals surface area (Å²) < 4.78 is 0. The van der Waals surface area contributed by atoms with E-state index < -0.39 is 5.91 Å². The summed E-state index contributed by atoms with van der Waals surface area (Å²) in [5.74, 6) is 0.600. The molecule has 3 N–H and O–H groups in total. The molecule has 6 heteroatoms. The monoisotopic (exact) mass is 318 g/mol. The number of halogens is 1. The molecule has 0 aliphatic carbocycles. The summed E-state index contributed by atoms with van der Waals surface area (Å²) in [4.78, 5) is 17.9. The number of benzene rings is 1. The van der Waals surface area contributed by atoms with E-state index in [-0.39, 0.29) is 12.4 Å². The number of primary amides is 1. The van der Waals surface area contributed by atoms with Gasteiger partial charge in [-0.25, -0.2) is 4.98 Å². The largest absolute Gasteiger partial charge is 0.366 e. The maximum absolute atomic E-state index is 11.1. The molecule has 0 spiro atoms. The molecule has 0 atom stereocenters. The number of hydrogen-bond donors (Lipinski definition) is 2. The summed E-state index contributed by atoms with van der Waals surface area (Å²) in [7, 11) is 0. The number of nitrogens with two attached hydrogens (primary N) is 1. The van der Waals surface area contributed by atoms with Gasteiger partial charge in [0.2, 0.25) is 5.91 Å². The smallest absolute Gasteiger partial charge is 0.248 e. The number of hydrogen-bond acceptors (Lipinski definition) is 4. The van der Waals surface area contributed by atoms with E-state index in [1.54, 1.807) is 12.1 Å². The van der Waals surface area contributed by atoms with Crippen LogP contribution in [0.4, 0.5) is 5.82 Å². The fourth-order valence-corrected chi connectivity index (χ4v) is 2.46. The molecule has 1 aliphatic rings. The van der Waals surface area contributed by atoms with E-state index >= 15 is 0 Å². The van der Waals surface area contributed by atoms with E-state index in [0.29, 0.717) is 5.56 Å². The Balaban J connectivity index is 0.00000176. The van der Waals surface area contributed by atoms with Crippen molar-refractivity contribution in [3.63, 3.8) is 0 Å². The van der Waals surface area contributed by atoms with E-state index in [2.05, 4.69) is 21.3 Å². The molecule has 2 aromatic rings. The first-order valence-electron chi connectivity index (χ1n) is 7.06. The van der Waals surface area contributed by atoms with Crippen LogP contribution in [-0.2, 0) is 0 Å². The quantitative estimate of drug-likeness (QED) is 0.903. The Kier molecular flexibility index (Phi) is 5.35. The first kappa shape index (κ1) is 16.3. The third-order valence-electron chi connectivity index (χ3n) is 3.69. The zero-order valence-electron chi connectivity index (χ0n) is 12.2. The molecule has 1 saturated heterocycles. The van der Waals surface area contributed by atoms with Crippen LogP contribution in [-0.4, -0.2) is 37.1 Å². The number of amides is 1. The van der Waals surface area contributed by atoms with E-state index in [0.717, 1.165) is 43.1 Å². The van der Waals surface area contributed by atoms with Crippen LogP contribution in [0.5, 0.6) is 0 Å². The second-order valence-corrected chi connectivity index (χ2v) is 5.08. The van der Waals surface area contributed by atoms with Gasteiger partial charge in [0.1, 0.15) is 5.82 Å². The fourth-order valence-electron chi connectivity index (χ4n) is 2.46. The molecule has 0 bridgehead atoms. The summed E-state index contributed by atoms with van der Waals surface area (Å²) in [6.07, 6.45) is 1.87. The highest BCUT2D eigenvalue weighted by Gasteiger charge is 2.11. The van der Waals surface area contributed by atoms with Gasteiger partial charge in [0, 0.05) is 43.5 Å². The topological polar surface area (TPSA) is 71.2 Å². The van der Waals surface area contributed by atoms with Gasteiger partial charge >= 0.3 is 0 Å². The van der Waals surface area contributed by atoms with E-state index in [4.69, 9.17) is 5.73 Å². The maximum Gasteiger partial charge on any atom is 0.248 e. The molecule has 1 fully saturated rings. The number of carbonyl (C=O) groups excluding carboxylic acids is 1. The molecule has 0 saturated carbocycles. The van der Waals surface area contributed by atoms with Crippen molar-refractivity contribution in [2.24, 2.45) is 5.73 Å². The van der Waals surface area contributed by atoms with E-state index in [9.17, 15) is 4.79 Å². The number of anilines is 1. The van der Waals surface area contributed by atoms with Crippen LogP contribution in [0.15, 0.2) is 42.6 Å². The summed E-state index contributed by atoms with van der Waals surface area (Å²) in [5, 5.41) is 3.33. The summed E-state index contributed by atoms with van der Waals surface area (Å²) in [6.45, 7) is 3.97. The molecular weight excluding hydrogens is 300 g/mol. The Bertz CT molecular complexity index is 622. The van der Waals surface area contributed by atoms with Crippen molar-refractivity contribution < 1.29 is 4.79 Å². The highest BCUT2D eigenvalue weighted by Crippen LogP contribution is 2.21. The van der Waals surface area contributed by atoms with Gasteiger partial charge in [-0.1, -0.05) is 12.1 Å². The van der Waals surface area contributed by atoms with Crippen LogP contribution in [0.2, 0.25) is 0 Å². The van der Waals surface area contributed by atoms with Crippen molar-refractivity contribution in [1.29, 1.82) is 0 Å².